The Kier molecular flexibility index (Phi) is 4.33. The van der Waals surface area contributed by atoms with E-state index in [-0.39, 0.29) is 5.91 Å². The van der Waals surface area contributed by atoms with Gasteiger partial charge in [-0.25, -0.2) is 0 Å². The van der Waals surface area contributed by atoms with E-state index >= 15 is 0 Å². The third-order valence-corrected chi connectivity index (χ3v) is 3.25. The topological polar surface area (TPSA) is 53.2 Å². The van der Waals surface area contributed by atoms with E-state index in [0.29, 0.717) is 12.1 Å². The molecule has 0 aromatic heterocycles. The zero-order valence-corrected chi connectivity index (χ0v) is 11.0. The lowest BCUT2D eigenvalue weighted by atomic mass is 10.1. The van der Waals surface area contributed by atoms with Crippen LogP contribution in [0.1, 0.15) is 31.9 Å². The molecule has 98 valence electrons. The van der Waals surface area contributed by atoms with Crippen molar-refractivity contribution in [2.45, 2.75) is 32.4 Å². The maximum Gasteiger partial charge on any atom is 0.221 e. The van der Waals surface area contributed by atoms with Crippen molar-refractivity contribution in [3.05, 3.63) is 29.8 Å². The highest BCUT2D eigenvalue weighted by Crippen LogP contribution is 2.18. The SMILES string of the molecule is CC(=O)Nc1cccc(C(C)NC2CCNC2)c1. The molecule has 1 aromatic carbocycles. The van der Waals surface area contributed by atoms with E-state index in [1.807, 2.05) is 18.2 Å². The summed E-state index contributed by atoms with van der Waals surface area (Å²) in [6.07, 6.45) is 1.18. The predicted octanol–water partition coefficient (Wildman–Crippen LogP) is 1.66. The molecule has 1 aliphatic heterocycles. The Labute approximate surface area is 108 Å². The molecule has 0 spiro atoms. The number of nitrogens with one attached hydrogen (secondary N) is 3. The van der Waals surface area contributed by atoms with Crippen LogP contribution in [0.15, 0.2) is 24.3 Å². The second-order valence-corrected chi connectivity index (χ2v) is 4.88. The van der Waals surface area contributed by atoms with E-state index < -0.39 is 0 Å². The molecule has 1 fully saturated rings. The van der Waals surface area contributed by atoms with Crippen LogP contribution in [0, 0.1) is 0 Å². The van der Waals surface area contributed by atoms with Gasteiger partial charge in [0.1, 0.15) is 0 Å². The molecule has 0 saturated carbocycles. The van der Waals surface area contributed by atoms with Crippen LogP contribution in [0.3, 0.4) is 0 Å². The van der Waals surface area contributed by atoms with Gasteiger partial charge in [0.2, 0.25) is 5.91 Å². The molecule has 0 bridgehead atoms. The number of carbonyl (C=O) groups is 1. The number of benzene rings is 1. The fraction of sp³-hybridized carbons (Fsp3) is 0.500. The fourth-order valence-electron chi connectivity index (χ4n) is 2.34. The predicted molar refractivity (Wildman–Crippen MR) is 73.6 cm³/mol. The normalized spacial score (nSPS) is 20.7. The first-order valence-corrected chi connectivity index (χ1v) is 6.49. The van der Waals surface area contributed by atoms with Crippen molar-refractivity contribution in [1.29, 1.82) is 0 Å². The number of amides is 1. The summed E-state index contributed by atoms with van der Waals surface area (Å²) in [5.41, 5.74) is 2.06. The van der Waals surface area contributed by atoms with Crippen molar-refractivity contribution < 1.29 is 4.79 Å². The molecule has 1 aliphatic rings. The Balaban J connectivity index is 2.00. The summed E-state index contributed by atoms with van der Waals surface area (Å²) < 4.78 is 0. The summed E-state index contributed by atoms with van der Waals surface area (Å²) in [6, 6.07) is 8.85. The highest BCUT2D eigenvalue weighted by Gasteiger charge is 2.17. The first-order valence-electron chi connectivity index (χ1n) is 6.49. The number of rotatable bonds is 4. The second-order valence-electron chi connectivity index (χ2n) is 4.88. The molecule has 18 heavy (non-hydrogen) atoms. The standard InChI is InChI=1S/C14H21N3O/c1-10(16-14-6-7-15-9-14)12-4-3-5-13(8-12)17-11(2)18/h3-5,8,10,14-16H,6-7,9H2,1-2H3,(H,17,18). The summed E-state index contributed by atoms with van der Waals surface area (Å²) in [5.74, 6) is -0.0345. The van der Waals surface area contributed by atoms with Gasteiger partial charge in [0.25, 0.3) is 0 Å². The molecule has 1 aromatic rings. The summed E-state index contributed by atoms with van der Waals surface area (Å²) in [7, 11) is 0. The van der Waals surface area contributed by atoms with Gasteiger partial charge in [0.15, 0.2) is 0 Å². The highest BCUT2D eigenvalue weighted by atomic mass is 16.1. The minimum absolute atomic E-state index is 0.0345. The Morgan fingerprint density at radius 3 is 3.00 bits per heavy atom. The smallest absolute Gasteiger partial charge is 0.221 e. The Morgan fingerprint density at radius 2 is 2.33 bits per heavy atom. The van der Waals surface area contributed by atoms with Gasteiger partial charge >= 0.3 is 0 Å². The minimum atomic E-state index is -0.0345. The van der Waals surface area contributed by atoms with Crippen LogP contribution in [0.2, 0.25) is 0 Å². The van der Waals surface area contributed by atoms with Gasteiger partial charge in [0.05, 0.1) is 0 Å². The minimum Gasteiger partial charge on any atom is -0.326 e. The molecule has 4 nitrogen and oxygen atoms in total. The van der Waals surface area contributed by atoms with Crippen LogP contribution in [0.25, 0.3) is 0 Å². The number of hydrogen-bond acceptors (Lipinski definition) is 3. The first-order chi connectivity index (χ1) is 8.65. The van der Waals surface area contributed by atoms with E-state index in [1.54, 1.807) is 0 Å². The largest absolute Gasteiger partial charge is 0.326 e. The van der Waals surface area contributed by atoms with Crippen molar-refractivity contribution in [3.63, 3.8) is 0 Å². The molecule has 2 unspecified atom stereocenters. The van der Waals surface area contributed by atoms with Crippen LogP contribution >= 0.6 is 0 Å². The molecule has 4 heteroatoms. The lowest BCUT2D eigenvalue weighted by Crippen LogP contribution is -2.33. The summed E-state index contributed by atoms with van der Waals surface area (Å²) in [6.45, 7) is 5.82. The van der Waals surface area contributed by atoms with Gasteiger partial charge in [-0.15, -0.1) is 0 Å². The Morgan fingerprint density at radius 1 is 1.50 bits per heavy atom. The van der Waals surface area contributed by atoms with Crippen LogP contribution in [0.4, 0.5) is 5.69 Å². The molecule has 1 saturated heterocycles. The van der Waals surface area contributed by atoms with Gasteiger partial charge in [-0.3, -0.25) is 4.79 Å². The molecule has 0 radical (unpaired) electrons. The maximum atomic E-state index is 11.0. The molecule has 3 N–H and O–H groups in total. The molecule has 1 amide bonds. The van der Waals surface area contributed by atoms with Crippen molar-refractivity contribution in [2.24, 2.45) is 0 Å². The zero-order chi connectivity index (χ0) is 13.0. The van der Waals surface area contributed by atoms with Gasteiger partial charge in [-0.1, -0.05) is 12.1 Å². The lowest BCUT2D eigenvalue weighted by molar-refractivity contribution is -0.114. The van der Waals surface area contributed by atoms with Crippen LogP contribution in [-0.2, 0) is 4.79 Å². The molecule has 1 heterocycles. The van der Waals surface area contributed by atoms with Gasteiger partial charge < -0.3 is 16.0 Å². The summed E-state index contributed by atoms with van der Waals surface area (Å²) in [4.78, 5) is 11.0. The van der Waals surface area contributed by atoms with Crippen LogP contribution in [0.5, 0.6) is 0 Å². The second kappa shape index (κ2) is 5.98. The maximum absolute atomic E-state index is 11.0. The van der Waals surface area contributed by atoms with Crippen molar-refractivity contribution in [2.75, 3.05) is 18.4 Å². The average Bonchev–Trinajstić information content (AvgIpc) is 2.81. The summed E-state index contributed by atoms with van der Waals surface area (Å²) in [5, 5.41) is 9.76. The highest BCUT2D eigenvalue weighted by molar-refractivity contribution is 5.88. The lowest BCUT2D eigenvalue weighted by Gasteiger charge is -2.19. The molecule has 2 rings (SSSR count). The molecule has 2 atom stereocenters. The summed E-state index contributed by atoms with van der Waals surface area (Å²) >= 11 is 0. The van der Waals surface area contributed by atoms with Gasteiger partial charge in [-0.05, 0) is 37.6 Å². The van der Waals surface area contributed by atoms with E-state index in [9.17, 15) is 4.79 Å². The number of carbonyl (C=O) groups excluding carboxylic acids is 1. The zero-order valence-electron chi connectivity index (χ0n) is 11.0. The fourth-order valence-corrected chi connectivity index (χ4v) is 2.34. The third kappa shape index (κ3) is 3.55. The molecular weight excluding hydrogens is 226 g/mol. The Hall–Kier alpha value is -1.39. The van der Waals surface area contributed by atoms with Crippen molar-refractivity contribution in [1.82, 2.24) is 10.6 Å². The number of hydrogen-bond donors (Lipinski definition) is 3. The number of anilines is 1. The molecular formula is C14H21N3O. The third-order valence-electron chi connectivity index (χ3n) is 3.25. The molecule has 0 aliphatic carbocycles. The van der Waals surface area contributed by atoms with E-state index in [4.69, 9.17) is 0 Å². The van der Waals surface area contributed by atoms with Gasteiger partial charge in [0, 0.05) is 31.2 Å². The van der Waals surface area contributed by atoms with Gasteiger partial charge in [-0.2, -0.15) is 0 Å². The van der Waals surface area contributed by atoms with E-state index in [2.05, 4.69) is 28.9 Å². The van der Waals surface area contributed by atoms with Crippen LogP contribution in [-0.4, -0.2) is 25.0 Å². The van der Waals surface area contributed by atoms with Crippen molar-refractivity contribution >= 4 is 11.6 Å². The quantitative estimate of drug-likeness (QED) is 0.758. The average molecular weight is 247 g/mol. The Bertz CT molecular complexity index is 413. The monoisotopic (exact) mass is 247 g/mol. The first kappa shape index (κ1) is 13.1. The van der Waals surface area contributed by atoms with E-state index in [1.165, 1.54) is 18.9 Å². The van der Waals surface area contributed by atoms with Crippen LogP contribution < -0.4 is 16.0 Å². The van der Waals surface area contributed by atoms with Crippen molar-refractivity contribution in [3.8, 4) is 0 Å². The van der Waals surface area contributed by atoms with E-state index in [0.717, 1.165) is 18.8 Å².